The van der Waals surface area contributed by atoms with Crippen LogP contribution in [0.5, 0.6) is 11.8 Å². The summed E-state index contributed by atoms with van der Waals surface area (Å²) in [6, 6.07) is 35.9. The number of pyridine rings is 1. The number of ether oxygens (including phenoxy) is 3. The van der Waals surface area contributed by atoms with Crippen molar-refractivity contribution in [1.29, 1.82) is 0 Å². The maximum Gasteiger partial charge on any atom is 0.309 e. The number of nitrogens with one attached hydrogen (secondary N) is 1. The summed E-state index contributed by atoms with van der Waals surface area (Å²) in [4.78, 5) is 16.5. The van der Waals surface area contributed by atoms with Crippen molar-refractivity contribution in [2.75, 3.05) is 12.4 Å². The zero-order chi connectivity index (χ0) is 31.2. The van der Waals surface area contributed by atoms with Gasteiger partial charge in [0.15, 0.2) is 0 Å². The Balaban J connectivity index is 1.29. The van der Waals surface area contributed by atoms with Gasteiger partial charge in [0.25, 0.3) is 0 Å². The van der Waals surface area contributed by atoms with Crippen LogP contribution in [-0.2, 0) is 36.2 Å². The molecule has 0 aliphatic heterocycles. The van der Waals surface area contributed by atoms with E-state index in [1.807, 2.05) is 116 Å². The molecular weight excluding hydrogens is 564 g/mol. The molecule has 0 spiro atoms. The fourth-order valence-electron chi connectivity index (χ4n) is 5.16. The van der Waals surface area contributed by atoms with Crippen molar-refractivity contribution in [2.24, 2.45) is 7.05 Å². The lowest BCUT2D eigenvalue weighted by molar-refractivity contribution is -0.139. The minimum absolute atomic E-state index is 0.243. The molecule has 6 rings (SSSR count). The molecule has 226 valence electrons. The van der Waals surface area contributed by atoms with E-state index in [4.69, 9.17) is 24.3 Å². The fraction of sp³-hybridized carbons (Fsp3) is 0.162. The van der Waals surface area contributed by atoms with E-state index < -0.39 is 0 Å². The Morgan fingerprint density at radius 3 is 2.20 bits per heavy atom. The lowest BCUT2D eigenvalue weighted by Crippen LogP contribution is -2.05. The van der Waals surface area contributed by atoms with Crippen LogP contribution in [0.3, 0.4) is 0 Å². The molecule has 2 aromatic heterocycles. The van der Waals surface area contributed by atoms with Crippen LogP contribution in [0.2, 0.25) is 0 Å². The smallest absolute Gasteiger partial charge is 0.309 e. The molecule has 0 saturated carbocycles. The number of fused-ring (bicyclic) bond motifs is 1. The summed E-state index contributed by atoms with van der Waals surface area (Å²) in [5, 5.41) is 9.38. The van der Waals surface area contributed by atoms with Crippen LogP contribution in [0.4, 0.5) is 11.4 Å². The van der Waals surface area contributed by atoms with E-state index in [2.05, 4.69) is 17.4 Å². The summed E-state index contributed by atoms with van der Waals surface area (Å²) >= 11 is 0. The van der Waals surface area contributed by atoms with Gasteiger partial charge < -0.3 is 19.5 Å². The lowest BCUT2D eigenvalue weighted by Gasteiger charge is -2.13. The van der Waals surface area contributed by atoms with Gasteiger partial charge in [0.1, 0.15) is 18.9 Å². The lowest BCUT2D eigenvalue weighted by atomic mass is 10.1. The molecule has 0 aliphatic rings. The van der Waals surface area contributed by atoms with Gasteiger partial charge >= 0.3 is 5.97 Å². The van der Waals surface area contributed by atoms with Gasteiger partial charge in [-0.05, 0) is 59.5 Å². The highest BCUT2D eigenvalue weighted by molar-refractivity contribution is 5.96. The van der Waals surface area contributed by atoms with Crippen LogP contribution >= 0.6 is 0 Å². The number of carbonyl (C=O) groups is 1. The zero-order valence-corrected chi connectivity index (χ0v) is 25.5. The highest BCUT2D eigenvalue weighted by Crippen LogP contribution is 2.36. The number of methoxy groups -OCH3 is 1. The first-order valence-electron chi connectivity index (χ1n) is 14.7. The van der Waals surface area contributed by atoms with E-state index in [0.29, 0.717) is 25.0 Å². The van der Waals surface area contributed by atoms with Gasteiger partial charge in [0.2, 0.25) is 11.8 Å². The number of hydrogen-bond acceptors (Lipinski definition) is 7. The number of benzene rings is 4. The number of anilines is 2. The summed E-state index contributed by atoms with van der Waals surface area (Å²) < 4.78 is 19.0. The largest absolute Gasteiger partial charge is 0.473 e. The second-order valence-corrected chi connectivity index (χ2v) is 10.8. The number of aryl methyl sites for hydroxylation is 2. The fourth-order valence-corrected chi connectivity index (χ4v) is 5.16. The Kier molecular flexibility index (Phi) is 8.73. The van der Waals surface area contributed by atoms with Gasteiger partial charge in [-0.2, -0.15) is 10.1 Å². The van der Waals surface area contributed by atoms with Gasteiger partial charge in [0.05, 0.1) is 24.6 Å². The summed E-state index contributed by atoms with van der Waals surface area (Å²) in [5.74, 6) is 0.672. The number of rotatable bonds is 11. The SMILES string of the molecule is COC(=O)Cc1ccc(Nc2ccc3c(-c4ccc(OCc5ccccc5)nc4OCc4ccccc4)nn(C)c3c2)c(C)c1. The highest BCUT2D eigenvalue weighted by Gasteiger charge is 2.18. The van der Waals surface area contributed by atoms with E-state index >= 15 is 0 Å². The van der Waals surface area contributed by atoms with E-state index in [1.165, 1.54) is 7.11 Å². The van der Waals surface area contributed by atoms with Crippen LogP contribution in [-0.4, -0.2) is 27.8 Å². The average molecular weight is 599 g/mol. The molecular formula is C37H34N4O4. The number of carbonyl (C=O) groups excluding carboxylic acids is 1. The van der Waals surface area contributed by atoms with E-state index in [9.17, 15) is 4.79 Å². The van der Waals surface area contributed by atoms with Gasteiger partial charge in [-0.1, -0.05) is 72.8 Å². The van der Waals surface area contributed by atoms with E-state index in [1.54, 1.807) is 0 Å². The Morgan fingerprint density at radius 2 is 1.51 bits per heavy atom. The van der Waals surface area contributed by atoms with Crippen LogP contribution in [0.25, 0.3) is 22.2 Å². The number of aromatic nitrogens is 3. The monoisotopic (exact) mass is 598 g/mol. The molecule has 6 aromatic rings. The predicted octanol–water partition coefficient (Wildman–Crippen LogP) is 7.56. The first-order valence-corrected chi connectivity index (χ1v) is 14.7. The number of nitrogens with zero attached hydrogens (tertiary/aromatic N) is 3. The quantitative estimate of drug-likeness (QED) is 0.154. The van der Waals surface area contributed by atoms with Crippen LogP contribution in [0.15, 0.2) is 109 Å². The molecule has 8 heteroatoms. The summed E-state index contributed by atoms with van der Waals surface area (Å²) in [5.41, 5.74) is 8.41. The molecule has 0 saturated heterocycles. The van der Waals surface area contributed by atoms with E-state index in [0.717, 1.165) is 55.8 Å². The van der Waals surface area contributed by atoms with E-state index in [-0.39, 0.29) is 12.4 Å². The maximum absolute atomic E-state index is 11.7. The Morgan fingerprint density at radius 1 is 0.800 bits per heavy atom. The second-order valence-electron chi connectivity index (χ2n) is 10.8. The van der Waals surface area contributed by atoms with Crippen molar-refractivity contribution >= 4 is 28.2 Å². The molecule has 0 unspecified atom stereocenters. The molecule has 0 fully saturated rings. The summed E-state index contributed by atoms with van der Waals surface area (Å²) in [6.07, 6.45) is 0.243. The molecule has 0 bridgehead atoms. The standard InChI is InChI=1S/C37H34N4O4/c1-25-20-28(21-35(42)43-3)14-18-32(25)38-29-15-16-30-33(22-29)41(2)40-36(30)31-17-19-34(44-23-26-10-6-4-7-11-26)39-37(31)45-24-27-12-8-5-9-13-27/h4-20,22,38H,21,23-24H2,1-3H3. The molecule has 0 radical (unpaired) electrons. The molecule has 2 heterocycles. The van der Waals surface area contributed by atoms with Gasteiger partial charge in [-0.25, -0.2) is 0 Å². The number of hydrogen-bond donors (Lipinski definition) is 1. The Bertz CT molecular complexity index is 1940. The molecule has 1 N–H and O–H groups in total. The molecule has 4 aromatic carbocycles. The third-order valence-corrected chi connectivity index (χ3v) is 7.54. The topological polar surface area (TPSA) is 87.5 Å². The molecule has 0 amide bonds. The van der Waals surface area contributed by atoms with Gasteiger partial charge in [-0.15, -0.1) is 0 Å². The second kappa shape index (κ2) is 13.3. The molecule has 8 nitrogen and oxygen atoms in total. The Hall–Kier alpha value is -5.63. The minimum atomic E-state index is -0.259. The van der Waals surface area contributed by atoms with Crippen molar-refractivity contribution in [3.05, 3.63) is 131 Å². The first kappa shape index (κ1) is 29.4. The summed E-state index contributed by atoms with van der Waals surface area (Å²) in [6.45, 7) is 2.78. The third-order valence-electron chi connectivity index (χ3n) is 7.54. The van der Waals surface area contributed by atoms with Crippen molar-refractivity contribution < 1.29 is 19.0 Å². The zero-order valence-electron chi connectivity index (χ0n) is 25.5. The first-order chi connectivity index (χ1) is 22.0. The van der Waals surface area contributed by atoms with Crippen molar-refractivity contribution in [3.63, 3.8) is 0 Å². The normalized spacial score (nSPS) is 10.9. The average Bonchev–Trinajstić information content (AvgIpc) is 3.40. The maximum atomic E-state index is 11.7. The Labute approximate surface area is 262 Å². The molecule has 0 atom stereocenters. The van der Waals surface area contributed by atoms with Crippen molar-refractivity contribution in [2.45, 2.75) is 26.6 Å². The van der Waals surface area contributed by atoms with Crippen molar-refractivity contribution in [3.8, 4) is 23.0 Å². The van der Waals surface area contributed by atoms with Crippen LogP contribution < -0.4 is 14.8 Å². The number of esters is 1. The predicted molar refractivity (Wildman–Crippen MR) is 176 cm³/mol. The summed E-state index contributed by atoms with van der Waals surface area (Å²) in [7, 11) is 3.33. The van der Waals surface area contributed by atoms with Crippen LogP contribution in [0, 0.1) is 6.92 Å². The van der Waals surface area contributed by atoms with Gasteiger partial charge in [-0.3, -0.25) is 9.48 Å². The van der Waals surface area contributed by atoms with Crippen LogP contribution in [0.1, 0.15) is 22.3 Å². The van der Waals surface area contributed by atoms with Crippen molar-refractivity contribution in [1.82, 2.24) is 14.8 Å². The molecule has 45 heavy (non-hydrogen) atoms. The highest BCUT2D eigenvalue weighted by atomic mass is 16.5. The molecule has 0 aliphatic carbocycles. The third kappa shape index (κ3) is 6.96. The van der Waals surface area contributed by atoms with Gasteiger partial charge in [0, 0.05) is 29.9 Å². The minimum Gasteiger partial charge on any atom is -0.473 e.